The van der Waals surface area contributed by atoms with Crippen molar-refractivity contribution in [3.05, 3.63) is 30.1 Å². The number of rotatable bonds is 4. The first-order valence-electron chi connectivity index (χ1n) is 8.52. The average Bonchev–Trinajstić information content (AvgIpc) is 2.53. The van der Waals surface area contributed by atoms with E-state index in [1.165, 1.54) is 18.6 Å². The van der Waals surface area contributed by atoms with Crippen LogP contribution in [0.15, 0.2) is 24.3 Å². The number of hydrogen-bond donors (Lipinski definition) is 0. The summed E-state index contributed by atoms with van der Waals surface area (Å²) in [6.07, 6.45) is 3.28. The molecule has 5 nitrogen and oxygen atoms in total. The van der Waals surface area contributed by atoms with Gasteiger partial charge < -0.3 is 14.5 Å². The number of hydrogen-bond acceptors (Lipinski definition) is 3. The molecule has 0 radical (unpaired) electrons. The van der Waals surface area contributed by atoms with Crippen molar-refractivity contribution in [3.8, 4) is 5.75 Å². The third-order valence-electron chi connectivity index (χ3n) is 4.86. The number of ether oxygens (including phenoxy) is 1. The lowest BCUT2D eigenvalue weighted by molar-refractivity contribution is -0.151. The molecule has 24 heavy (non-hydrogen) atoms. The summed E-state index contributed by atoms with van der Waals surface area (Å²) in [6, 6.07) is 6.29. The fraction of sp³-hybridized carbons (Fsp3) is 0.556. The number of carbonyl (C=O) groups excluding carboxylic acids is 2. The quantitative estimate of drug-likeness (QED) is 0.847. The molecule has 0 spiro atoms. The van der Waals surface area contributed by atoms with Gasteiger partial charge in [0.2, 0.25) is 5.91 Å². The first kappa shape index (κ1) is 16.7. The number of amides is 2. The molecule has 1 atom stereocenters. The summed E-state index contributed by atoms with van der Waals surface area (Å²) in [6.45, 7) is 3.56. The lowest BCUT2D eigenvalue weighted by Crippen LogP contribution is -2.59. The van der Waals surface area contributed by atoms with Gasteiger partial charge in [0, 0.05) is 25.7 Å². The van der Waals surface area contributed by atoms with Gasteiger partial charge in [-0.1, -0.05) is 12.1 Å². The second kappa shape index (κ2) is 7.20. The molecular weight excluding hydrogens is 311 g/mol. The number of para-hydroxylation sites is 1. The molecule has 130 valence electrons. The zero-order valence-corrected chi connectivity index (χ0v) is 13.9. The van der Waals surface area contributed by atoms with Gasteiger partial charge in [0.15, 0.2) is 18.2 Å². The average molecular weight is 334 g/mol. The summed E-state index contributed by atoms with van der Waals surface area (Å²) in [4.78, 5) is 28.1. The highest BCUT2D eigenvalue weighted by atomic mass is 19.1. The zero-order valence-electron chi connectivity index (χ0n) is 13.9. The maximum atomic E-state index is 13.4. The van der Waals surface area contributed by atoms with E-state index < -0.39 is 5.82 Å². The van der Waals surface area contributed by atoms with Crippen LogP contribution in [0, 0.1) is 11.7 Å². The van der Waals surface area contributed by atoms with E-state index in [0.29, 0.717) is 19.1 Å². The summed E-state index contributed by atoms with van der Waals surface area (Å²) in [5, 5.41) is 0. The van der Waals surface area contributed by atoms with Crippen molar-refractivity contribution in [1.82, 2.24) is 9.80 Å². The first-order valence-corrected chi connectivity index (χ1v) is 8.52. The normalized spacial score (nSPS) is 21.3. The van der Waals surface area contributed by atoms with E-state index in [0.717, 1.165) is 19.4 Å². The Morgan fingerprint density at radius 2 is 2.00 bits per heavy atom. The third kappa shape index (κ3) is 3.52. The van der Waals surface area contributed by atoms with Crippen molar-refractivity contribution in [2.24, 2.45) is 5.92 Å². The lowest BCUT2D eigenvalue weighted by Gasteiger charge is -2.43. The summed E-state index contributed by atoms with van der Waals surface area (Å²) < 4.78 is 18.7. The highest BCUT2D eigenvalue weighted by Crippen LogP contribution is 2.24. The molecule has 0 saturated carbocycles. The van der Waals surface area contributed by atoms with Gasteiger partial charge in [-0.05, 0) is 38.3 Å². The minimum absolute atomic E-state index is 0.0705. The Labute approximate surface area is 141 Å². The van der Waals surface area contributed by atoms with Crippen LogP contribution in [-0.2, 0) is 9.59 Å². The van der Waals surface area contributed by atoms with E-state index >= 15 is 0 Å². The van der Waals surface area contributed by atoms with E-state index in [1.807, 2.05) is 4.90 Å². The summed E-state index contributed by atoms with van der Waals surface area (Å²) in [5.41, 5.74) is 0. The van der Waals surface area contributed by atoms with E-state index in [9.17, 15) is 14.0 Å². The monoisotopic (exact) mass is 334 g/mol. The maximum absolute atomic E-state index is 13.4. The predicted octanol–water partition coefficient (Wildman–Crippen LogP) is 2.06. The van der Waals surface area contributed by atoms with Crippen LogP contribution < -0.4 is 4.74 Å². The Bertz CT molecular complexity index is 616. The van der Waals surface area contributed by atoms with Crippen LogP contribution in [0.4, 0.5) is 4.39 Å². The van der Waals surface area contributed by atoms with Crippen molar-refractivity contribution >= 4 is 11.8 Å². The second-order valence-electron chi connectivity index (χ2n) is 6.59. The van der Waals surface area contributed by atoms with Gasteiger partial charge in [-0.25, -0.2) is 4.39 Å². The molecule has 2 amide bonds. The van der Waals surface area contributed by atoms with E-state index in [-0.39, 0.29) is 30.1 Å². The Balaban J connectivity index is 1.45. The topological polar surface area (TPSA) is 49.9 Å². The van der Waals surface area contributed by atoms with Crippen molar-refractivity contribution in [1.29, 1.82) is 0 Å². The molecular formula is C18H23FN2O3. The SMILES string of the molecule is CC1CCCCN1C(=O)C1CN(C(=O)COc2ccccc2F)C1. The standard InChI is InChI=1S/C18H23FN2O3/c1-13-6-4-5-9-21(13)18(23)14-10-20(11-14)17(22)12-24-16-8-3-2-7-15(16)19/h2-3,7-8,13-14H,4-6,9-12H2,1H3. The van der Waals surface area contributed by atoms with E-state index in [1.54, 1.807) is 17.0 Å². The van der Waals surface area contributed by atoms with Crippen LogP contribution in [0.1, 0.15) is 26.2 Å². The fourth-order valence-corrected chi connectivity index (χ4v) is 3.29. The molecule has 0 bridgehead atoms. The Morgan fingerprint density at radius 1 is 1.25 bits per heavy atom. The molecule has 0 aromatic heterocycles. The van der Waals surface area contributed by atoms with E-state index in [4.69, 9.17) is 4.74 Å². The van der Waals surface area contributed by atoms with Crippen LogP contribution in [0.3, 0.4) is 0 Å². The molecule has 0 N–H and O–H groups in total. The van der Waals surface area contributed by atoms with Gasteiger partial charge in [-0.15, -0.1) is 0 Å². The predicted molar refractivity (Wildman–Crippen MR) is 87.0 cm³/mol. The van der Waals surface area contributed by atoms with Gasteiger partial charge in [-0.2, -0.15) is 0 Å². The van der Waals surface area contributed by atoms with Gasteiger partial charge in [0.25, 0.3) is 5.91 Å². The van der Waals surface area contributed by atoms with Crippen molar-refractivity contribution in [2.75, 3.05) is 26.2 Å². The molecule has 6 heteroatoms. The number of nitrogens with zero attached hydrogens (tertiary/aromatic N) is 2. The van der Waals surface area contributed by atoms with Crippen LogP contribution in [0.25, 0.3) is 0 Å². The molecule has 3 rings (SSSR count). The van der Waals surface area contributed by atoms with Gasteiger partial charge in [0.1, 0.15) is 0 Å². The third-order valence-corrected chi connectivity index (χ3v) is 4.86. The Morgan fingerprint density at radius 3 is 2.71 bits per heavy atom. The molecule has 1 unspecified atom stereocenters. The molecule has 2 saturated heterocycles. The molecule has 2 aliphatic heterocycles. The largest absolute Gasteiger partial charge is 0.481 e. The first-order chi connectivity index (χ1) is 11.6. The molecule has 2 fully saturated rings. The number of likely N-dealkylation sites (tertiary alicyclic amines) is 2. The highest BCUT2D eigenvalue weighted by molar-refractivity contribution is 5.85. The van der Waals surface area contributed by atoms with Gasteiger partial charge >= 0.3 is 0 Å². The van der Waals surface area contributed by atoms with Crippen LogP contribution in [0.5, 0.6) is 5.75 Å². The smallest absolute Gasteiger partial charge is 0.260 e. The van der Waals surface area contributed by atoms with Crippen molar-refractivity contribution in [2.45, 2.75) is 32.2 Å². The molecule has 0 aliphatic carbocycles. The highest BCUT2D eigenvalue weighted by Gasteiger charge is 2.39. The lowest BCUT2D eigenvalue weighted by atomic mass is 9.95. The number of benzene rings is 1. The molecule has 1 aromatic carbocycles. The number of piperidine rings is 1. The minimum Gasteiger partial charge on any atom is -0.481 e. The molecule has 1 aromatic rings. The summed E-state index contributed by atoms with van der Waals surface area (Å²) >= 11 is 0. The van der Waals surface area contributed by atoms with Gasteiger partial charge in [-0.3, -0.25) is 9.59 Å². The van der Waals surface area contributed by atoms with Crippen molar-refractivity contribution < 1.29 is 18.7 Å². The van der Waals surface area contributed by atoms with Crippen LogP contribution in [0.2, 0.25) is 0 Å². The maximum Gasteiger partial charge on any atom is 0.260 e. The summed E-state index contributed by atoms with van der Waals surface area (Å²) in [7, 11) is 0. The van der Waals surface area contributed by atoms with Crippen LogP contribution in [-0.4, -0.2) is 53.9 Å². The number of halogens is 1. The fourth-order valence-electron chi connectivity index (χ4n) is 3.29. The zero-order chi connectivity index (χ0) is 17.1. The number of carbonyl (C=O) groups is 2. The Kier molecular flexibility index (Phi) is 5.02. The Hall–Kier alpha value is -2.11. The molecule has 2 heterocycles. The van der Waals surface area contributed by atoms with Crippen molar-refractivity contribution in [3.63, 3.8) is 0 Å². The van der Waals surface area contributed by atoms with E-state index in [2.05, 4.69) is 6.92 Å². The minimum atomic E-state index is -0.485. The van der Waals surface area contributed by atoms with Gasteiger partial charge in [0.05, 0.1) is 5.92 Å². The summed E-state index contributed by atoms with van der Waals surface area (Å²) in [5.74, 6) is -0.583. The van der Waals surface area contributed by atoms with Crippen LogP contribution >= 0.6 is 0 Å². The molecule has 2 aliphatic rings. The second-order valence-corrected chi connectivity index (χ2v) is 6.59.